The number of hydrogen-bond acceptors (Lipinski definition) is 5. The summed E-state index contributed by atoms with van der Waals surface area (Å²) in [6.07, 6.45) is -0.715. The van der Waals surface area contributed by atoms with Crippen molar-refractivity contribution in [2.75, 3.05) is 6.61 Å². The molecule has 2 aliphatic rings. The van der Waals surface area contributed by atoms with E-state index < -0.39 is 29.2 Å². The Morgan fingerprint density at radius 1 is 1.23 bits per heavy atom. The van der Waals surface area contributed by atoms with Crippen molar-refractivity contribution in [3.63, 3.8) is 0 Å². The largest absolute Gasteiger partial charge is 0.507 e. The van der Waals surface area contributed by atoms with Gasteiger partial charge in [0.05, 0.1) is 23.5 Å². The number of aliphatic hydroxyl groups is 1. The lowest BCUT2D eigenvalue weighted by Gasteiger charge is -2.40. The molecule has 2 N–H and O–H groups in total. The van der Waals surface area contributed by atoms with E-state index in [0.717, 1.165) is 30.7 Å². The number of aromatic nitrogens is 3. The summed E-state index contributed by atoms with van der Waals surface area (Å²) in [5.41, 5.74) is -0.169. The zero-order chi connectivity index (χ0) is 21.3. The van der Waals surface area contributed by atoms with Crippen LogP contribution < -0.4 is 0 Å². The van der Waals surface area contributed by atoms with Gasteiger partial charge in [-0.05, 0) is 56.0 Å². The van der Waals surface area contributed by atoms with E-state index in [0.29, 0.717) is 24.0 Å². The molecule has 3 heterocycles. The van der Waals surface area contributed by atoms with E-state index in [1.165, 1.54) is 6.92 Å². The molecule has 2 fully saturated rings. The average molecular weight is 419 g/mol. The molecular weight excluding hydrogens is 399 g/mol. The smallest absolute Gasteiger partial charge is 0.416 e. The van der Waals surface area contributed by atoms with Crippen LogP contribution in [0.4, 0.5) is 13.2 Å². The molecule has 0 amide bonds. The van der Waals surface area contributed by atoms with Gasteiger partial charge in [-0.15, -0.1) is 0 Å². The highest BCUT2D eigenvalue weighted by molar-refractivity contribution is 5.80. The van der Waals surface area contributed by atoms with E-state index in [2.05, 4.69) is 10.1 Å². The summed E-state index contributed by atoms with van der Waals surface area (Å²) in [6, 6.07) is 4.77. The van der Waals surface area contributed by atoms with Gasteiger partial charge in [-0.3, -0.25) is 4.68 Å². The van der Waals surface area contributed by atoms with Gasteiger partial charge in [0.2, 0.25) is 0 Å². The quantitative estimate of drug-likeness (QED) is 0.657. The Labute approximate surface area is 169 Å². The number of aromatic hydroxyl groups is 1. The second-order valence-corrected chi connectivity index (χ2v) is 8.14. The van der Waals surface area contributed by atoms with Crippen molar-refractivity contribution >= 4 is 11.0 Å². The van der Waals surface area contributed by atoms with E-state index in [1.807, 2.05) is 0 Å². The minimum Gasteiger partial charge on any atom is -0.507 e. The fourth-order valence-electron chi connectivity index (χ4n) is 4.46. The summed E-state index contributed by atoms with van der Waals surface area (Å²) >= 11 is 0. The molecule has 0 unspecified atom stereocenters. The van der Waals surface area contributed by atoms with Gasteiger partial charge in [0.25, 0.3) is 0 Å². The normalized spacial score (nSPS) is 23.2. The Bertz CT molecular complexity index is 1110. The third kappa shape index (κ3) is 2.87. The van der Waals surface area contributed by atoms with Crippen LogP contribution in [-0.2, 0) is 10.9 Å². The van der Waals surface area contributed by atoms with Crippen LogP contribution in [0.5, 0.6) is 5.75 Å². The number of benzene rings is 1. The number of ether oxygens (including phenoxy) is 1. The molecule has 2 aromatic heterocycles. The Kier molecular flexibility index (Phi) is 4.14. The summed E-state index contributed by atoms with van der Waals surface area (Å²) in [4.78, 5) is 4.45. The molecule has 3 aromatic rings. The number of fused-ring (bicyclic) bond motifs is 1. The highest BCUT2D eigenvalue weighted by atomic mass is 19.4. The van der Waals surface area contributed by atoms with Crippen molar-refractivity contribution in [2.24, 2.45) is 0 Å². The highest BCUT2D eigenvalue weighted by Gasteiger charge is 2.53. The maximum atomic E-state index is 13.0. The monoisotopic (exact) mass is 419 g/mol. The lowest BCUT2D eigenvalue weighted by molar-refractivity contribution is -0.137. The van der Waals surface area contributed by atoms with Gasteiger partial charge in [0.15, 0.2) is 5.65 Å². The predicted octanol–water partition coefficient (Wildman–Crippen LogP) is 3.99. The van der Waals surface area contributed by atoms with Gasteiger partial charge in [0, 0.05) is 17.1 Å². The first kappa shape index (κ1) is 19.3. The molecule has 30 heavy (non-hydrogen) atoms. The van der Waals surface area contributed by atoms with Crippen molar-refractivity contribution in [2.45, 2.75) is 50.1 Å². The Morgan fingerprint density at radius 3 is 2.60 bits per heavy atom. The molecule has 1 saturated carbocycles. The van der Waals surface area contributed by atoms with E-state index in [4.69, 9.17) is 4.74 Å². The van der Waals surface area contributed by atoms with Crippen LogP contribution in [0.3, 0.4) is 0 Å². The van der Waals surface area contributed by atoms with E-state index in [1.54, 1.807) is 23.0 Å². The first-order chi connectivity index (χ1) is 14.2. The van der Waals surface area contributed by atoms with Gasteiger partial charge in [-0.1, -0.05) is 0 Å². The summed E-state index contributed by atoms with van der Waals surface area (Å²) < 4.78 is 46.5. The molecule has 1 spiro atoms. The second kappa shape index (κ2) is 6.42. The van der Waals surface area contributed by atoms with Gasteiger partial charge in [-0.25, -0.2) is 4.98 Å². The van der Waals surface area contributed by atoms with E-state index in [9.17, 15) is 23.4 Å². The summed E-state index contributed by atoms with van der Waals surface area (Å²) in [5, 5.41) is 26.2. The Morgan fingerprint density at radius 2 is 2.00 bits per heavy atom. The van der Waals surface area contributed by atoms with Crippen LogP contribution in [0, 0.1) is 6.92 Å². The number of rotatable bonds is 2. The van der Waals surface area contributed by atoms with Crippen LogP contribution >= 0.6 is 0 Å². The van der Waals surface area contributed by atoms with Gasteiger partial charge in [0.1, 0.15) is 17.9 Å². The number of hydrogen-bond donors (Lipinski definition) is 2. The number of aryl methyl sites for hydroxylation is 1. The number of nitrogens with zero attached hydrogens (tertiary/aromatic N) is 3. The first-order valence-corrected chi connectivity index (χ1v) is 9.77. The van der Waals surface area contributed by atoms with Crippen LogP contribution in [0.15, 0.2) is 30.5 Å². The minimum atomic E-state index is -4.54. The van der Waals surface area contributed by atoms with Crippen molar-refractivity contribution < 1.29 is 28.1 Å². The predicted molar refractivity (Wildman–Crippen MR) is 102 cm³/mol. The van der Waals surface area contributed by atoms with E-state index in [-0.39, 0.29) is 17.2 Å². The molecular formula is C21H20F3N3O3. The van der Waals surface area contributed by atoms with Crippen LogP contribution in [0.1, 0.15) is 36.4 Å². The summed E-state index contributed by atoms with van der Waals surface area (Å²) in [6.45, 7) is 1.86. The fraction of sp³-hybridized carbons (Fsp3) is 0.429. The van der Waals surface area contributed by atoms with Gasteiger partial charge < -0.3 is 14.9 Å². The fourth-order valence-corrected chi connectivity index (χ4v) is 4.46. The number of phenolic OH excluding ortho intramolecular Hbond substituents is 1. The topological polar surface area (TPSA) is 80.4 Å². The minimum absolute atomic E-state index is 0.233. The highest BCUT2D eigenvalue weighted by Crippen LogP contribution is 2.47. The molecule has 0 bridgehead atoms. The Balaban J connectivity index is 1.51. The third-order valence-electron chi connectivity index (χ3n) is 6.27. The van der Waals surface area contributed by atoms with Crippen molar-refractivity contribution in [3.05, 3.63) is 41.6 Å². The molecule has 9 heteroatoms. The zero-order valence-corrected chi connectivity index (χ0v) is 16.1. The molecule has 6 nitrogen and oxygen atoms in total. The van der Waals surface area contributed by atoms with Crippen molar-refractivity contribution in [1.29, 1.82) is 0 Å². The average Bonchev–Trinajstić information content (AvgIpc) is 3.20. The van der Waals surface area contributed by atoms with Crippen molar-refractivity contribution in [3.8, 4) is 17.0 Å². The number of pyridine rings is 1. The number of phenols is 1. The molecule has 158 valence electrons. The van der Waals surface area contributed by atoms with Crippen LogP contribution in [-0.4, -0.2) is 43.3 Å². The van der Waals surface area contributed by atoms with Crippen LogP contribution in [0.2, 0.25) is 0 Å². The Hall–Kier alpha value is -2.65. The van der Waals surface area contributed by atoms with Crippen molar-refractivity contribution in [1.82, 2.24) is 14.8 Å². The molecule has 5 rings (SSSR count). The maximum absolute atomic E-state index is 13.0. The summed E-state index contributed by atoms with van der Waals surface area (Å²) in [7, 11) is 0. The number of alkyl halides is 3. The number of aliphatic hydroxyl groups excluding tert-OH is 1. The molecule has 1 saturated heterocycles. The third-order valence-corrected chi connectivity index (χ3v) is 6.27. The maximum Gasteiger partial charge on any atom is 0.416 e. The standard InChI is InChI=1S/C21H20F3N3O3/c1-11-7-13(21(22,23)24)8-16(28)17(11)14-4-3-12-9-27(26-19(12)25-14)15-10-30-20(18(15)29)5-2-6-20/h3-4,7-9,15,18,28-29H,2,5-6,10H2,1H3/t15-,18+/m1/s1. The molecule has 2 atom stereocenters. The van der Waals surface area contributed by atoms with E-state index >= 15 is 0 Å². The molecule has 1 aliphatic heterocycles. The second-order valence-electron chi connectivity index (χ2n) is 8.14. The molecule has 1 aromatic carbocycles. The number of halogens is 3. The SMILES string of the molecule is Cc1cc(C(F)(F)F)cc(O)c1-c1ccc2cn([C@@H]3COC4(CCC4)[C@H]3O)nc2n1. The zero-order valence-electron chi connectivity index (χ0n) is 16.1. The van der Waals surface area contributed by atoms with Crippen LogP contribution in [0.25, 0.3) is 22.3 Å². The van der Waals surface area contributed by atoms with Gasteiger partial charge >= 0.3 is 6.18 Å². The lowest BCUT2D eigenvalue weighted by Crippen LogP contribution is -2.47. The first-order valence-electron chi connectivity index (χ1n) is 9.77. The molecule has 1 aliphatic carbocycles. The van der Waals surface area contributed by atoms with Gasteiger partial charge in [-0.2, -0.15) is 18.3 Å². The summed E-state index contributed by atoms with van der Waals surface area (Å²) in [5.74, 6) is -0.486. The lowest BCUT2D eigenvalue weighted by atomic mass is 9.75. The molecule has 0 radical (unpaired) electrons.